The van der Waals surface area contributed by atoms with E-state index in [4.69, 9.17) is 4.65 Å². The number of allylic oxidation sites excluding steroid dienone is 1. The first-order valence-electron chi connectivity index (χ1n) is 10.9. The summed E-state index contributed by atoms with van der Waals surface area (Å²) in [7, 11) is 1.95. The van der Waals surface area contributed by atoms with Crippen LogP contribution in [-0.4, -0.2) is 29.8 Å². The van der Waals surface area contributed by atoms with Crippen LogP contribution in [0.5, 0.6) is 0 Å². The number of aryl methyl sites for hydroxylation is 1. The number of para-hydroxylation sites is 1. The number of hydrogen-bond acceptors (Lipinski definition) is 3. The van der Waals surface area contributed by atoms with Gasteiger partial charge in [0.1, 0.15) is 0 Å². The molecule has 2 aliphatic rings. The van der Waals surface area contributed by atoms with Crippen LogP contribution in [0.1, 0.15) is 58.6 Å². The smallest absolute Gasteiger partial charge is 0.303 e. The molecule has 1 radical (unpaired) electrons. The van der Waals surface area contributed by atoms with Crippen LogP contribution in [-0.2, 0) is 4.65 Å². The van der Waals surface area contributed by atoms with Crippen LogP contribution in [0.25, 0.3) is 5.57 Å². The Morgan fingerprint density at radius 2 is 1.83 bits per heavy atom. The molecule has 1 heterocycles. The van der Waals surface area contributed by atoms with Crippen LogP contribution >= 0.6 is 0 Å². The standard InChI is InChI=1S/C26H33BNO2/c1-18-10-9-11-19(16-18)28-22-13-8-7-12-20(22)21-17-26(6,15-14-23(21)28)27-30-25(4,5)24(2,3)29/h7-13,16-17,23,29H,14-15H2,1-6H3. The molecular formula is C26H33BNO2. The van der Waals surface area contributed by atoms with Gasteiger partial charge in [-0.05, 0) is 82.1 Å². The molecule has 2 aromatic rings. The van der Waals surface area contributed by atoms with Gasteiger partial charge in [0.05, 0.1) is 17.2 Å². The molecule has 0 amide bonds. The molecule has 1 N–H and O–H groups in total. The second-order valence-corrected chi connectivity index (χ2v) is 10.2. The third-order valence-electron chi connectivity index (χ3n) is 6.96. The number of rotatable bonds is 5. The summed E-state index contributed by atoms with van der Waals surface area (Å²) in [5.74, 6) is 0. The average Bonchev–Trinajstić information content (AvgIpc) is 2.99. The molecule has 0 fully saturated rings. The molecule has 1 aliphatic carbocycles. The SMILES string of the molecule is Cc1cccc(N2c3ccccc3C3=CC(C)([B]OC(C)(C)C(C)(C)O)CCC32)c1. The highest BCUT2D eigenvalue weighted by Crippen LogP contribution is 2.53. The minimum atomic E-state index is -0.924. The van der Waals surface area contributed by atoms with Crippen molar-refractivity contribution in [3.63, 3.8) is 0 Å². The van der Waals surface area contributed by atoms with Crippen LogP contribution in [0, 0.1) is 6.92 Å². The molecule has 0 spiro atoms. The Labute approximate surface area is 182 Å². The van der Waals surface area contributed by atoms with E-state index in [1.807, 2.05) is 21.3 Å². The Kier molecular flexibility index (Phi) is 5.15. The maximum absolute atomic E-state index is 10.5. The van der Waals surface area contributed by atoms with E-state index < -0.39 is 11.2 Å². The summed E-state index contributed by atoms with van der Waals surface area (Å²) in [4.78, 5) is 2.50. The van der Waals surface area contributed by atoms with Gasteiger partial charge in [0.25, 0.3) is 0 Å². The lowest BCUT2D eigenvalue weighted by Crippen LogP contribution is -2.49. The molecular weight excluding hydrogens is 369 g/mol. The maximum atomic E-state index is 10.5. The van der Waals surface area contributed by atoms with Crippen LogP contribution < -0.4 is 4.90 Å². The molecule has 157 valence electrons. The van der Waals surface area contributed by atoms with Crippen LogP contribution in [0.2, 0.25) is 5.31 Å². The molecule has 1 aliphatic heterocycles. The molecule has 4 heteroatoms. The van der Waals surface area contributed by atoms with Gasteiger partial charge in [-0.1, -0.05) is 43.3 Å². The fourth-order valence-electron chi connectivity index (χ4n) is 4.36. The summed E-state index contributed by atoms with van der Waals surface area (Å²) in [5, 5.41) is 10.3. The zero-order valence-electron chi connectivity index (χ0n) is 19.1. The Hall–Kier alpha value is -2.04. The third-order valence-corrected chi connectivity index (χ3v) is 6.96. The Bertz CT molecular complexity index is 975. The number of fused-ring (bicyclic) bond motifs is 3. The first-order chi connectivity index (χ1) is 14.0. The molecule has 30 heavy (non-hydrogen) atoms. The monoisotopic (exact) mass is 402 g/mol. The Balaban J connectivity index is 1.68. The van der Waals surface area contributed by atoms with E-state index in [1.165, 1.54) is 28.1 Å². The lowest BCUT2D eigenvalue weighted by molar-refractivity contribution is -0.0916. The van der Waals surface area contributed by atoms with Crippen LogP contribution in [0.3, 0.4) is 0 Å². The highest BCUT2D eigenvalue weighted by Gasteiger charge is 2.43. The van der Waals surface area contributed by atoms with E-state index >= 15 is 0 Å². The summed E-state index contributed by atoms with van der Waals surface area (Å²) in [6.45, 7) is 11.9. The van der Waals surface area contributed by atoms with Crippen molar-refractivity contribution in [2.75, 3.05) is 4.90 Å². The summed E-state index contributed by atoms with van der Waals surface area (Å²) in [6, 6.07) is 17.8. The quantitative estimate of drug-likeness (QED) is 0.618. The number of anilines is 2. The Morgan fingerprint density at radius 1 is 1.10 bits per heavy atom. The summed E-state index contributed by atoms with van der Waals surface area (Å²) in [5.41, 5.74) is 4.91. The number of hydrogen-bond donors (Lipinski definition) is 1. The van der Waals surface area contributed by atoms with Crippen molar-refractivity contribution in [3.8, 4) is 0 Å². The lowest BCUT2D eigenvalue weighted by Gasteiger charge is -2.42. The fraction of sp³-hybridized carbons (Fsp3) is 0.462. The van der Waals surface area contributed by atoms with Crippen molar-refractivity contribution >= 4 is 24.4 Å². The highest BCUT2D eigenvalue weighted by atomic mass is 16.5. The number of nitrogens with zero attached hydrogens (tertiary/aromatic N) is 1. The maximum Gasteiger partial charge on any atom is 0.303 e. The van der Waals surface area contributed by atoms with Crippen LogP contribution in [0.15, 0.2) is 54.6 Å². The van der Waals surface area contributed by atoms with Gasteiger partial charge >= 0.3 is 7.48 Å². The summed E-state index contributed by atoms with van der Waals surface area (Å²) >= 11 is 0. The van der Waals surface area contributed by atoms with Gasteiger partial charge in [0.15, 0.2) is 0 Å². The van der Waals surface area contributed by atoms with Crippen molar-refractivity contribution in [3.05, 3.63) is 65.7 Å². The molecule has 0 bridgehead atoms. The molecule has 0 saturated heterocycles. The van der Waals surface area contributed by atoms with Gasteiger partial charge in [-0.15, -0.1) is 0 Å². The second-order valence-electron chi connectivity index (χ2n) is 10.2. The molecule has 4 rings (SSSR count). The topological polar surface area (TPSA) is 32.7 Å². The third kappa shape index (κ3) is 3.72. The highest BCUT2D eigenvalue weighted by molar-refractivity contribution is 6.34. The lowest BCUT2D eigenvalue weighted by atomic mass is 9.58. The van der Waals surface area contributed by atoms with Gasteiger partial charge in [-0.2, -0.15) is 0 Å². The normalized spacial score (nSPS) is 23.6. The van der Waals surface area contributed by atoms with Gasteiger partial charge in [0.2, 0.25) is 0 Å². The van der Waals surface area contributed by atoms with Gasteiger partial charge in [-0.3, -0.25) is 0 Å². The molecule has 2 unspecified atom stereocenters. The zero-order valence-corrected chi connectivity index (χ0v) is 19.1. The van der Waals surface area contributed by atoms with Crippen LogP contribution in [0.4, 0.5) is 11.4 Å². The number of benzene rings is 2. The first kappa shape index (κ1) is 21.2. The van der Waals surface area contributed by atoms with E-state index in [1.54, 1.807) is 13.8 Å². The minimum Gasteiger partial charge on any atom is -0.432 e. The molecule has 2 aromatic carbocycles. The van der Waals surface area contributed by atoms with Crippen molar-refractivity contribution in [2.45, 2.75) is 76.9 Å². The fourth-order valence-corrected chi connectivity index (χ4v) is 4.36. The van der Waals surface area contributed by atoms with E-state index in [0.717, 1.165) is 12.8 Å². The van der Waals surface area contributed by atoms with Gasteiger partial charge in [0, 0.05) is 16.9 Å². The van der Waals surface area contributed by atoms with Gasteiger partial charge in [-0.25, -0.2) is 0 Å². The number of aliphatic hydroxyl groups is 1. The summed E-state index contributed by atoms with van der Waals surface area (Å²) < 4.78 is 6.17. The van der Waals surface area contributed by atoms with Crippen molar-refractivity contribution in [2.24, 2.45) is 0 Å². The van der Waals surface area contributed by atoms with E-state index in [9.17, 15) is 5.11 Å². The van der Waals surface area contributed by atoms with Crippen molar-refractivity contribution < 1.29 is 9.76 Å². The molecule has 0 saturated carbocycles. The van der Waals surface area contributed by atoms with E-state index in [0.29, 0.717) is 6.04 Å². The van der Waals surface area contributed by atoms with Crippen molar-refractivity contribution in [1.82, 2.24) is 0 Å². The largest absolute Gasteiger partial charge is 0.432 e. The zero-order chi connectivity index (χ0) is 21.7. The van der Waals surface area contributed by atoms with E-state index in [-0.39, 0.29) is 5.31 Å². The molecule has 0 aromatic heterocycles. The predicted octanol–water partition coefficient (Wildman–Crippen LogP) is 6.06. The average molecular weight is 402 g/mol. The van der Waals surface area contributed by atoms with Crippen molar-refractivity contribution in [1.29, 1.82) is 0 Å². The Morgan fingerprint density at radius 3 is 2.53 bits per heavy atom. The predicted molar refractivity (Wildman–Crippen MR) is 126 cm³/mol. The van der Waals surface area contributed by atoms with E-state index in [2.05, 4.69) is 73.4 Å². The molecule has 3 nitrogen and oxygen atoms in total. The first-order valence-corrected chi connectivity index (χ1v) is 10.9. The molecule has 2 atom stereocenters. The summed E-state index contributed by atoms with van der Waals surface area (Å²) in [6.07, 6.45) is 4.43. The second kappa shape index (κ2) is 7.28. The van der Waals surface area contributed by atoms with Gasteiger partial charge < -0.3 is 14.7 Å². The minimum absolute atomic E-state index is 0.177.